The maximum Gasteiger partial charge on any atom is 0.340 e. The Morgan fingerprint density at radius 1 is 0.714 bits per heavy atom. The van der Waals surface area contributed by atoms with Gasteiger partial charge < -0.3 is 4.74 Å². The summed E-state index contributed by atoms with van der Waals surface area (Å²) in [5, 5.41) is 0. The molecular formula is C18H26O3. The smallest absolute Gasteiger partial charge is 0.340 e. The van der Waals surface area contributed by atoms with Crippen molar-refractivity contribution in [3.05, 3.63) is 73.9 Å². The summed E-state index contributed by atoms with van der Waals surface area (Å²) in [6.45, 7) is 27.4. The molecule has 0 bridgehead atoms. The van der Waals surface area contributed by atoms with Crippen LogP contribution < -0.4 is 0 Å². The van der Waals surface area contributed by atoms with Crippen molar-refractivity contribution in [3.8, 4) is 0 Å². The number of carbonyl (C=O) groups is 2. The third-order valence-corrected chi connectivity index (χ3v) is 1.58. The van der Waals surface area contributed by atoms with Crippen LogP contribution >= 0.6 is 0 Å². The zero-order valence-electron chi connectivity index (χ0n) is 13.6. The van der Waals surface area contributed by atoms with Crippen molar-refractivity contribution in [1.82, 2.24) is 0 Å². The van der Waals surface area contributed by atoms with Crippen LogP contribution in [-0.4, -0.2) is 11.9 Å². The molecule has 0 aromatic heterocycles. The van der Waals surface area contributed by atoms with Crippen molar-refractivity contribution in [2.45, 2.75) is 27.7 Å². The molecule has 21 heavy (non-hydrogen) atoms. The molecule has 0 aliphatic heterocycles. The van der Waals surface area contributed by atoms with Crippen LogP contribution in [0.15, 0.2) is 73.9 Å². The minimum absolute atomic E-state index is 0.194. The van der Waals surface area contributed by atoms with E-state index in [2.05, 4.69) is 44.2 Å². The number of hydrogen-bond donors (Lipinski definition) is 0. The van der Waals surface area contributed by atoms with Gasteiger partial charge in [0, 0.05) is 11.1 Å². The highest BCUT2D eigenvalue weighted by Crippen LogP contribution is 1.97. The molecule has 0 aliphatic carbocycles. The van der Waals surface area contributed by atoms with Gasteiger partial charge in [0.15, 0.2) is 0 Å². The standard InChI is InChI=1S/C8H10O3.2C5H8/c1-5(2)7(9)11-8(10)6(3)4;2*1-4-5(2)3/h1,3H2,2,4H3;2*4H,1-2H2,3H3. The number of carbonyl (C=O) groups excluding carboxylic acids is 2. The average molecular weight is 290 g/mol. The first-order valence-electron chi connectivity index (χ1n) is 6.12. The van der Waals surface area contributed by atoms with Crippen molar-refractivity contribution in [2.24, 2.45) is 0 Å². The molecule has 0 amide bonds. The van der Waals surface area contributed by atoms with Gasteiger partial charge >= 0.3 is 11.9 Å². The number of hydrogen-bond acceptors (Lipinski definition) is 3. The molecule has 0 aromatic rings. The van der Waals surface area contributed by atoms with Gasteiger partial charge in [-0.05, 0) is 27.7 Å². The topological polar surface area (TPSA) is 43.4 Å². The van der Waals surface area contributed by atoms with Crippen LogP contribution in [0.4, 0.5) is 0 Å². The zero-order valence-corrected chi connectivity index (χ0v) is 13.6. The molecule has 116 valence electrons. The summed E-state index contributed by atoms with van der Waals surface area (Å²) in [5.41, 5.74) is 2.43. The van der Waals surface area contributed by atoms with Crippen molar-refractivity contribution in [3.63, 3.8) is 0 Å². The summed E-state index contributed by atoms with van der Waals surface area (Å²) in [5.74, 6) is -1.42. The summed E-state index contributed by atoms with van der Waals surface area (Å²) in [4.78, 5) is 21.3. The van der Waals surface area contributed by atoms with E-state index in [1.54, 1.807) is 12.2 Å². The molecule has 0 N–H and O–H groups in total. The minimum Gasteiger partial charge on any atom is -0.386 e. The summed E-state index contributed by atoms with van der Waals surface area (Å²) < 4.78 is 4.30. The number of rotatable bonds is 4. The summed E-state index contributed by atoms with van der Waals surface area (Å²) in [6.07, 6.45) is 3.44. The highest BCUT2D eigenvalue weighted by atomic mass is 16.6. The molecular weight excluding hydrogens is 264 g/mol. The van der Waals surface area contributed by atoms with Crippen molar-refractivity contribution >= 4 is 11.9 Å². The van der Waals surface area contributed by atoms with Crippen LogP contribution in [0.1, 0.15) is 27.7 Å². The van der Waals surface area contributed by atoms with E-state index in [-0.39, 0.29) is 11.1 Å². The SMILES string of the molecule is C=C(C)C(=O)OC(=O)C(=C)C.C=CC(=C)C.C=CC(=C)C. The largest absolute Gasteiger partial charge is 0.386 e. The minimum atomic E-state index is -0.710. The molecule has 0 saturated carbocycles. The Labute approximate surface area is 128 Å². The molecule has 0 radical (unpaired) electrons. The van der Waals surface area contributed by atoms with Gasteiger partial charge in [0.05, 0.1) is 0 Å². The molecule has 0 aromatic carbocycles. The van der Waals surface area contributed by atoms with Gasteiger partial charge in [-0.15, -0.1) is 0 Å². The van der Waals surface area contributed by atoms with E-state index in [1.165, 1.54) is 13.8 Å². The maximum absolute atomic E-state index is 10.7. The zero-order chi connectivity index (χ0) is 17.6. The number of ether oxygens (including phenoxy) is 1. The Morgan fingerprint density at radius 2 is 0.905 bits per heavy atom. The molecule has 0 spiro atoms. The highest BCUT2D eigenvalue weighted by molar-refractivity contribution is 6.00. The van der Waals surface area contributed by atoms with Crippen LogP contribution in [0.5, 0.6) is 0 Å². The van der Waals surface area contributed by atoms with Gasteiger partial charge in [0.1, 0.15) is 0 Å². The maximum atomic E-state index is 10.7. The molecule has 3 nitrogen and oxygen atoms in total. The molecule has 0 heterocycles. The van der Waals surface area contributed by atoms with E-state index >= 15 is 0 Å². The Kier molecular flexibility index (Phi) is 15.8. The van der Waals surface area contributed by atoms with Gasteiger partial charge in [-0.25, -0.2) is 9.59 Å². The lowest BCUT2D eigenvalue weighted by atomic mass is 10.3. The first-order chi connectivity index (χ1) is 9.49. The Balaban J connectivity index is -0.000000270. The highest BCUT2D eigenvalue weighted by Gasteiger charge is 2.10. The molecule has 3 heteroatoms. The monoisotopic (exact) mass is 290 g/mol. The van der Waals surface area contributed by atoms with Crippen molar-refractivity contribution < 1.29 is 14.3 Å². The van der Waals surface area contributed by atoms with Crippen LogP contribution in [0.3, 0.4) is 0 Å². The van der Waals surface area contributed by atoms with Crippen LogP contribution in [0.2, 0.25) is 0 Å². The normalized spacial score (nSPS) is 7.62. The lowest BCUT2D eigenvalue weighted by molar-refractivity contribution is -0.153. The van der Waals surface area contributed by atoms with E-state index in [0.29, 0.717) is 0 Å². The van der Waals surface area contributed by atoms with Gasteiger partial charge in [-0.2, -0.15) is 0 Å². The lowest BCUT2D eigenvalue weighted by Gasteiger charge is -1.99. The molecule has 0 rings (SSSR count). The average Bonchev–Trinajstić information content (AvgIpc) is 2.39. The van der Waals surface area contributed by atoms with E-state index in [4.69, 9.17) is 0 Å². The van der Waals surface area contributed by atoms with Crippen LogP contribution in [-0.2, 0) is 14.3 Å². The Bertz CT molecular complexity index is 409. The fourth-order valence-corrected chi connectivity index (χ4v) is 0.258. The second-order valence-electron chi connectivity index (χ2n) is 4.34. The Hall–Kier alpha value is -2.42. The molecule has 0 fully saturated rings. The molecule has 0 unspecified atom stereocenters. The summed E-state index contributed by atoms with van der Waals surface area (Å²) in [7, 11) is 0. The quantitative estimate of drug-likeness (QED) is 0.326. The van der Waals surface area contributed by atoms with Gasteiger partial charge in [-0.3, -0.25) is 0 Å². The molecule has 0 saturated heterocycles. The predicted molar refractivity (Wildman–Crippen MR) is 90.7 cm³/mol. The summed E-state index contributed by atoms with van der Waals surface area (Å²) >= 11 is 0. The van der Waals surface area contributed by atoms with E-state index in [9.17, 15) is 9.59 Å². The van der Waals surface area contributed by atoms with Gasteiger partial charge in [-0.1, -0.05) is 62.8 Å². The van der Waals surface area contributed by atoms with E-state index in [0.717, 1.165) is 11.1 Å². The third-order valence-electron chi connectivity index (χ3n) is 1.58. The van der Waals surface area contributed by atoms with E-state index in [1.807, 2.05) is 13.8 Å². The van der Waals surface area contributed by atoms with Gasteiger partial charge in [0.2, 0.25) is 0 Å². The number of esters is 2. The lowest BCUT2D eigenvalue weighted by Crippen LogP contribution is -2.12. The first-order valence-corrected chi connectivity index (χ1v) is 6.12. The fourth-order valence-electron chi connectivity index (χ4n) is 0.258. The molecule has 0 aliphatic rings. The summed E-state index contributed by atoms with van der Waals surface area (Å²) in [6, 6.07) is 0. The second kappa shape index (κ2) is 14.0. The first kappa shape index (κ1) is 23.7. The second-order valence-corrected chi connectivity index (χ2v) is 4.34. The third kappa shape index (κ3) is 23.1. The predicted octanol–water partition coefficient (Wildman–Crippen LogP) is 4.71. The van der Waals surface area contributed by atoms with Crippen molar-refractivity contribution in [1.29, 1.82) is 0 Å². The van der Waals surface area contributed by atoms with Crippen LogP contribution in [0, 0.1) is 0 Å². The van der Waals surface area contributed by atoms with Crippen LogP contribution in [0.25, 0.3) is 0 Å². The number of allylic oxidation sites excluding steroid dienone is 4. The molecule has 0 atom stereocenters. The van der Waals surface area contributed by atoms with Gasteiger partial charge in [0.25, 0.3) is 0 Å². The van der Waals surface area contributed by atoms with E-state index < -0.39 is 11.9 Å². The Morgan fingerprint density at radius 3 is 1.00 bits per heavy atom. The fraction of sp³-hybridized carbons (Fsp3) is 0.222. The van der Waals surface area contributed by atoms with Crippen molar-refractivity contribution in [2.75, 3.05) is 0 Å².